The van der Waals surface area contributed by atoms with Crippen molar-refractivity contribution in [2.24, 2.45) is 0 Å². The fourth-order valence-electron chi connectivity index (χ4n) is 11.7. The van der Waals surface area contributed by atoms with Gasteiger partial charge in [0.25, 0.3) is 0 Å². The smallest absolute Gasteiger partial charge is 0.248 e. The number of hydrogen-bond acceptors (Lipinski definition) is 2. The molecule has 66 heavy (non-hydrogen) atoms. The first-order valence-electron chi connectivity index (χ1n) is 23.7. The highest BCUT2D eigenvalue weighted by Crippen LogP contribution is 2.47. The average Bonchev–Trinajstić information content (AvgIpc) is 3.85. The molecule has 0 fully saturated rings. The fourth-order valence-corrected chi connectivity index (χ4v) is 11.7. The van der Waals surface area contributed by atoms with E-state index in [9.17, 15) is 0 Å². The molecule has 4 aliphatic heterocycles. The quantitative estimate of drug-likeness (QED) is 0.163. The molecule has 0 unspecified atom stereocenters. The van der Waals surface area contributed by atoms with E-state index in [4.69, 9.17) is 0 Å². The summed E-state index contributed by atoms with van der Waals surface area (Å²) in [6.45, 7) is 13.9. The third-order valence-electron chi connectivity index (χ3n) is 15.0. The predicted molar refractivity (Wildman–Crippen MR) is 284 cm³/mol. The molecular weight excluding hydrogens is 794 g/mol. The van der Waals surface area contributed by atoms with E-state index in [1.54, 1.807) is 0 Å². The van der Waals surface area contributed by atoms with Crippen molar-refractivity contribution in [2.45, 2.75) is 52.4 Å². The molecule has 2 nitrogen and oxygen atoms in total. The third-order valence-corrected chi connectivity index (χ3v) is 15.0. The molecule has 13 rings (SSSR count). The lowest BCUT2D eigenvalue weighted by Crippen LogP contribution is -2.58. The molecule has 0 spiro atoms. The van der Waals surface area contributed by atoms with E-state index >= 15 is 0 Å². The van der Waals surface area contributed by atoms with E-state index in [2.05, 4.69) is 245 Å². The van der Waals surface area contributed by atoms with Crippen molar-refractivity contribution in [2.75, 3.05) is 9.80 Å². The highest BCUT2D eigenvalue weighted by molar-refractivity contribution is 7.03. The summed E-state index contributed by atoms with van der Waals surface area (Å²) in [7, 11) is 0. The monoisotopic (exact) mass is 844 g/mol. The van der Waals surface area contributed by atoms with Gasteiger partial charge in [0.15, 0.2) is 0 Å². The van der Waals surface area contributed by atoms with Crippen LogP contribution in [-0.4, -0.2) is 13.4 Å². The molecule has 9 aromatic carbocycles. The van der Waals surface area contributed by atoms with E-state index in [-0.39, 0.29) is 24.3 Å². The largest absolute Gasteiger partial charge is 0.311 e. The van der Waals surface area contributed by atoms with Crippen LogP contribution in [0.3, 0.4) is 0 Å². The minimum Gasteiger partial charge on any atom is -0.311 e. The third kappa shape index (κ3) is 5.77. The molecule has 0 atom stereocenters. The lowest BCUT2D eigenvalue weighted by atomic mass is 9.34. The maximum atomic E-state index is 2.58. The van der Waals surface area contributed by atoms with Crippen LogP contribution >= 0.6 is 0 Å². The van der Waals surface area contributed by atoms with Gasteiger partial charge in [0.05, 0.1) is 0 Å². The van der Waals surface area contributed by atoms with Gasteiger partial charge >= 0.3 is 0 Å². The van der Waals surface area contributed by atoms with E-state index in [1.165, 1.54) is 123 Å². The normalized spacial score (nSPS) is 13.8. The first-order valence-corrected chi connectivity index (χ1v) is 23.7. The molecule has 0 amide bonds. The summed E-state index contributed by atoms with van der Waals surface area (Å²) in [6, 6.07) is 74.1. The van der Waals surface area contributed by atoms with Gasteiger partial charge < -0.3 is 9.80 Å². The number of benzene rings is 9. The summed E-state index contributed by atoms with van der Waals surface area (Å²) in [5, 5.41) is 0. The molecular formula is C62H50B2N2. The summed E-state index contributed by atoms with van der Waals surface area (Å²) < 4.78 is 0. The first kappa shape index (κ1) is 39.1. The molecule has 0 aliphatic carbocycles. The Morgan fingerprint density at radius 2 is 0.667 bits per heavy atom. The Labute approximate surface area is 390 Å². The van der Waals surface area contributed by atoms with Gasteiger partial charge in [0.1, 0.15) is 0 Å². The number of fused-ring (bicyclic) bond motifs is 10. The molecule has 9 aromatic rings. The second kappa shape index (κ2) is 14.1. The predicted octanol–water partition coefficient (Wildman–Crippen LogP) is 12.2. The van der Waals surface area contributed by atoms with Gasteiger partial charge in [-0.25, -0.2) is 0 Å². The zero-order valence-electron chi connectivity index (χ0n) is 38.5. The topological polar surface area (TPSA) is 6.48 Å². The molecule has 0 radical (unpaired) electrons. The maximum absolute atomic E-state index is 2.58. The molecule has 4 heterocycles. The molecule has 0 aromatic heterocycles. The lowest BCUT2D eigenvalue weighted by Gasteiger charge is -2.41. The van der Waals surface area contributed by atoms with Crippen LogP contribution in [0.5, 0.6) is 0 Å². The van der Waals surface area contributed by atoms with Crippen molar-refractivity contribution in [1.29, 1.82) is 0 Å². The summed E-state index contributed by atoms with van der Waals surface area (Å²) in [4.78, 5) is 5.16. The second-order valence-electron chi connectivity index (χ2n) is 20.9. The number of hydrogen-bond donors (Lipinski definition) is 0. The summed E-state index contributed by atoms with van der Waals surface area (Å²) >= 11 is 0. The van der Waals surface area contributed by atoms with Gasteiger partial charge in [0.2, 0.25) is 13.4 Å². The van der Waals surface area contributed by atoms with Gasteiger partial charge in [-0.1, -0.05) is 186 Å². The standard InChI is InChI=1S/C62H50B2N2/c1-61(2,3)43-29-25-39(26-30-43)41-33-49-47-21-13-15-23-51(47)63-53-38-56-54(37-55(53)65(57(35-41)59(49)63)45-17-9-7-10-18-45)64-52-24-16-14-22-48(52)50-34-42(40-27-31-44(32-28-40)62(4,5)6)36-58(60(50)64)66(56)46-19-11-8-12-20-46/h7-38H,1-6H3. The highest BCUT2D eigenvalue weighted by Gasteiger charge is 2.47. The van der Waals surface area contributed by atoms with Crippen molar-refractivity contribution in [3.05, 3.63) is 205 Å². The Hall–Kier alpha value is -7.29. The second-order valence-corrected chi connectivity index (χ2v) is 20.9. The Morgan fingerprint density at radius 1 is 0.303 bits per heavy atom. The SMILES string of the molecule is CC(C)(C)c1ccc(-c2cc3c4c(c2)N(c2ccccc2)c2cc5c(cc2B4c2ccccc2-3)N(c2ccccc2)c2cc(-c3ccc(C(C)(C)C)cc3)cc3c2B5c2ccccc2-3)cc1. The maximum Gasteiger partial charge on any atom is 0.248 e. The van der Waals surface area contributed by atoms with E-state index in [1.807, 2.05) is 0 Å². The fraction of sp³-hybridized carbons (Fsp3) is 0.129. The number of para-hydroxylation sites is 2. The number of rotatable bonds is 4. The average molecular weight is 845 g/mol. The Bertz CT molecular complexity index is 3200. The van der Waals surface area contributed by atoms with Crippen LogP contribution in [-0.2, 0) is 10.8 Å². The Kier molecular flexibility index (Phi) is 8.36. The van der Waals surface area contributed by atoms with E-state index in [0.717, 1.165) is 0 Å². The molecule has 0 saturated heterocycles. The zero-order chi connectivity index (χ0) is 44.6. The van der Waals surface area contributed by atoms with Gasteiger partial charge in [-0.3, -0.25) is 0 Å². The lowest BCUT2D eigenvalue weighted by molar-refractivity contribution is 0.590. The molecule has 4 aliphatic rings. The Morgan fingerprint density at radius 3 is 1.05 bits per heavy atom. The van der Waals surface area contributed by atoms with Crippen LogP contribution < -0.4 is 42.6 Å². The van der Waals surface area contributed by atoms with Crippen LogP contribution in [0.4, 0.5) is 34.1 Å². The molecule has 0 bridgehead atoms. The first-order chi connectivity index (χ1) is 32.0. The number of nitrogens with zero attached hydrogens (tertiary/aromatic N) is 2. The molecule has 314 valence electrons. The van der Waals surface area contributed by atoms with Crippen LogP contribution in [0, 0.1) is 0 Å². The minimum atomic E-state index is 0.0712. The highest BCUT2D eigenvalue weighted by atomic mass is 15.2. The van der Waals surface area contributed by atoms with Crippen molar-refractivity contribution < 1.29 is 0 Å². The van der Waals surface area contributed by atoms with Crippen LogP contribution in [0.25, 0.3) is 44.5 Å². The van der Waals surface area contributed by atoms with Crippen LogP contribution in [0.1, 0.15) is 52.7 Å². The van der Waals surface area contributed by atoms with Gasteiger partial charge in [-0.05, 0) is 149 Å². The van der Waals surface area contributed by atoms with Crippen molar-refractivity contribution in [3.8, 4) is 44.5 Å². The number of anilines is 6. The van der Waals surface area contributed by atoms with Gasteiger partial charge in [-0.15, -0.1) is 0 Å². The van der Waals surface area contributed by atoms with Crippen molar-refractivity contribution in [1.82, 2.24) is 0 Å². The molecule has 4 heteroatoms. The van der Waals surface area contributed by atoms with E-state index in [0.29, 0.717) is 0 Å². The summed E-state index contributed by atoms with van der Waals surface area (Å²) in [5.41, 5.74) is 28.7. The van der Waals surface area contributed by atoms with Crippen molar-refractivity contribution in [3.63, 3.8) is 0 Å². The van der Waals surface area contributed by atoms with Crippen LogP contribution in [0.15, 0.2) is 194 Å². The van der Waals surface area contributed by atoms with Crippen LogP contribution in [0.2, 0.25) is 0 Å². The minimum absolute atomic E-state index is 0.0712. The summed E-state index contributed by atoms with van der Waals surface area (Å²) in [5.74, 6) is 0. The van der Waals surface area contributed by atoms with Gasteiger partial charge in [-0.2, -0.15) is 0 Å². The van der Waals surface area contributed by atoms with Gasteiger partial charge in [0, 0.05) is 34.1 Å². The summed E-state index contributed by atoms with van der Waals surface area (Å²) in [6.07, 6.45) is 0. The molecule has 0 saturated carbocycles. The molecule has 0 N–H and O–H groups in total. The van der Waals surface area contributed by atoms with E-state index < -0.39 is 0 Å². The zero-order valence-corrected chi connectivity index (χ0v) is 38.5. The Balaban J connectivity index is 1.09. The van der Waals surface area contributed by atoms with Crippen molar-refractivity contribution >= 4 is 80.3 Å².